The summed E-state index contributed by atoms with van der Waals surface area (Å²) in [6.45, 7) is 0. The fourth-order valence-corrected chi connectivity index (χ4v) is 0.734. The molecule has 50 valence electrons. The second-order valence-corrected chi connectivity index (χ2v) is 1.81. The van der Waals surface area contributed by atoms with E-state index in [-0.39, 0.29) is 0 Å². The van der Waals surface area contributed by atoms with Crippen molar-refractivity contribution in [2.45, 2.75) is 0 Å². The summed E-state index contributed by atoms with van der Waals surface area (Å²) in [6.07, 6.45) is 6.33. The predicted molar refractivity (Wildman–Crippen MR) is 35.4 cm³/mol. The molecule has 0 fully saturated rings. The highest BCUT2D eigenvalue weighted by molar-refractivity contribution is 5.53. The Kier molecular flexibility index (Phi) is 1.04. The van der Waals surface area contributed by atoms with Crippen LogP contribution in [-0.4, -0.2) is 9.97 Å². The monoisotopic (exact) mass is 135 g/mol. The quantitative estimate of drug-likeness (QED) is 0.570. The molecule has 1 aliphatic rings. The van der Waals surface area contributed by atoms with Crippen molar-refractivity contribution in [1.82, 2.24) is 9.97 Å². The lowest BCUT2D eigenvalue weighted by Crippen LogP contribution is -2.01. The zero-order valence-electron chi connectivity index (χ0n) is 5.11. The van der Waals surface area contributed by atoms with Crippen molar-refractivity contribution in [3.63, 3.8) is 0 Å². The van der Waals surface area contributed by atoms with Gasteiger partial charge < -0.3 is 10.1 Å². The fourth-order valence-electron chi connectivity index (χ4n) is 0.734. The fraction of sp³-hybridized carbons (Fsp3) is 0. The Bertz CT molecular complexity index is 244. The zero-order valence-corrected chi connectivity index (χ0v) is 5.11. The highest BCUT2D eigenvalue weighted by Crippen LogP contribution is 2.21. The van der Waals surface area contributed by atoms with E-state index >= 15 is 0 Å². The van der Waals surface area contributed by atoms with E-state index in [1.165, 1.54) is 12.6 Å². The van der Waals surface area contributed by atoms with Crippen molar-refractivity contribution in [2.75, 3.05) is 5.32 Å². The van der Waals surface area contributed by atoms with Gasteiger partial charge in [-0.25, -0.2) is 4.98 Å². The van der Waals surface area contributed by atoms with Crippen LogP contribution in [0.4, 0.5) is 5.69 Å². The number of nitrogens with zero attached hydrogens (tertiary/aromatic N) is 2. The van der Waals surface area contributed by atoms with E-state index in [1.807, 2.05) is 0 Å². The van der Waals surface area contributed by atoms with Crippen molar-refractivity contribution < 1.29 is 4.74 Å². The molecule has 1 N–H and O–H groups in total. The van der Waals surface area contributed by atoms with Gasteiger partial charge in [0, 0.05) is 6.20 Å². The van der Waals surface area contributed by atoms with Crippen LogP contribution in [-0.2, 0) is 0 Å². The topological polar surface area (TPSA) is 47.0 Å². The Balaban J connectivity index is 2.47. The first-order valence-corrected chi connectivity index (χ1v) is 2.85. The van der Waals surface area contributed by atoms with E-state index in [2.05, 4.69) is 15.3 Å². The van der Waals surface area contributed by atoms with Gasteiger partial charge in [-0.2, -0.15) is 4.98 Å². The van der Waals surface area contributed by atoms with Crippen LogP contribution in [0.1, 0.15) is 0 Å². The summed E-state index contributed by atoms with van der Waals surface area (Å²) in [7, 11) is 0. The van der Waals surface area contributed by atoms with E-state index in [0.717, 1.165) is 5.69 Å². The highest BCUT2D eigenvalue weighted by atomic mass is 16.5. The minimum Gasteiger partial charge on any atom is -0.443 e. The number of anilines is 1. The molecule has 0 saturated carbocycles. The lowest BCUT2D eigenvalue weighted by Gasteiger charge is -2.09. The number of fused-ring (bicyclic) bond motifs is 1. The lowest BCUT2D eigenvalue weighted by atomic mass is 10.5. The van der Waals surface area contributed by atoms with Gasteiger partial charge in [0.1, 0.15) is 18.3 Å². The van der Waals surface area contributed by atoms with Gasteiger partial charge in [-0.15, -0.1) is 0 Å². The Labute approximate surface area is 57.6 Å². The minimum atomic E-state index is 0.567. The largest absolute Gasteiger partial charge is 0.443 e. The van der Waals surface area contributed by atoms with Crippen LogP contribution in [0, 0.1) is 0 Å². The van der Waals surface area contributed by atoms with Crippen LogP contribution in [0.2, 0.25) is 0 Å². The number of hydrogen-bond donors (Lipinski definition) is 1. The average molecular weight is 135 g/mol. The van der Waals surface area contributed by atoms with Gasteiger partial charge >= 0.3 is 0 Å². The molecular formula is C6H5N3O. The maximum absolute atomic E-state index is 5.03. The molecule has 0 aliphatic carbocycles. The van der Waals surface area contributed by atoms with Crippen LogP contribution >= 0.6 is 0 Å². The summed E-state index contributed by atoms with van der Waals surface area (Å²) in [5, 5.41) is 2.93. The number of nitrogens with one attached hydrogen (secondary N) is 1. The Morgan fingerprint density at radius 2 is 2.50 bits per heavy atom. The molecule has 0 aromatic carbocycles. The van der Waals surface area contributed by atoms with Crippen LogP contribution in [0.15, 0.2) is 25.0 Å². The molecular weight excluding hydrogens is 130 g/mol. The van der Waals surface area contributed by atoms with Crippen LogP contribution < -0.4 is 10.1 Å². The number of hydrogen-bond acceptors (Lipinski definition) is 4. The van der Waals surface area contributed by atoms with Crippen molar-refractivity contribution in [3.8, 4) is 5.88 Å². The molecule has 0 saturated heterocycles. The molecule has 0 spiro atoms. The molecule has 0 amide bonds. The van der Waals surface area contributed by atoms with Gasteiger partial charge in [0.2, 0.25) is 5.88 Å². The average Bonchev–Trinajstić information content (AvgIpc) is 2.05. The molecule has 0 bridgehead atoms. The first-order chi connectivity index (χ1) is 4.97. The summed E-state index contributed by atoms with van der Waals surface area (Å²) in [4.78, 5) is 7.68. The van der Waals surface area contributed by atoms with E-state index < -0.39 is 0 Å². The first-order valence-electron chi connectivity index (χ1n) is 2.85. The summed E-state index contributed by atoms with van der Waals surface area (Å²) in [5.41, 5.74) is 0.796. The third-order valence-corrected chi connectivity index (χ3v) is 1.16. The number of aromatic nitrogens is 2. The SMILES string of the molecule is C1=COc2ncncc2N1. The van der Waals surface area contributed by atoms with Crippen molar-refractivity contribution >= 4 is 5.69 Å². The minimum absolute atomic E-state index is 0.567. The molecule has 1 aromatic rings. The summed E-state index contributed by atoms with van der Waals surface area (Å²) < 4.78 is 5.03. The van der Waals surface area contributed by atoms with E-state index in [1.54, 1.807) is 12.4 Å². The molecule has 0 unspecified atom stereocenters. The molecule has 2 rings (SSSR count). The third-order valence-electron chi connectivity index (χ3n) is 1.16. The maximum Gasteiger partial charge on any atom is 0.245 e. The Hall–Kier alpha value is -1.58. The van der Waals surface area contributed by atoms with Crippen molar-refractivity contribution in [3.05, 3.63) is 25.0 Å². The van der Waals surface area contributed by atoms with Gasteiger partial charge in [-0.3, -0.25) is 0 Å². The molecule has 10 heavy (non-hydrogen) atoms. The van der Waals surface area contributed by atoms with Crippen molar-refractivity contribution in [2.24, 2.45) is 0 Å². The molecule has 0 radical (unpaired) electrons. The van der Waals surface area contributed by atoms with E-state index in [4.69, 9.17) is 4.74 Å². The smallest absolute Gasteiger partial charge is 0.245 e. The maximum atomic E-state index is 5.03. The van der Waals surface area contributed by atoms with E-state index in [9.17, 15) is 0 Å². The Morgan fingerprint density at radius 3 is 3.40 bits per heavy atom. The third kappa shape index (κ3) is 0.699. The standard InChI is InChI=1S/C6H5N3O/c1-2-10-6-5(8-1)3-7-4-9-6/h1-4,8H. The molecule has 4 nitrogen and oxygen atoms in total. The predicted octanol–water partition coefficient (Wildman–Crippen LogP) is 0.752. The van der Waals surface area contributed by atoms with Crippen LogP contribution in [0.25, 0.3) is 0 Å². The van der Waals surface area contributed by atoms with E-state index in [0.29, 0.717) is 5.88 Å². The van der Waals surface area contributed by atoms with Gasteiger partial charge in [0.25, 0.3) is 0 Å². The van der Waals surface area contributed by atoms with Gasteiger partial charge in [-0.1, -0.05) is 0 Å². The molecule has 1 aromatic heterocycles. The molecule has 1 aliphatic heterocycles. The van der Waals surface area contributed by atoms with Gasteiger partial charge in [0.15, 0.2) is 0 Å². The second-order valence-electron chi connectivity index (χ2n) is 1.81. The number of ether oxygens (including phenoxy) is 1. The molecule has 4 heteroatoms. The summed E-state index contributed by atoms with van der Waals surface area (Å²) in [6, 6.07) is 0. The summed E-state index contributed by atoms with van der Waals surface area (Å²) in [5.74, 6) is 0.567. The highest BCUT2D eigenvalue weighted by Gasteiger charge is 2.04. The normalized spacial score (nSPS) is 13.2. The first kappa shape index (κ1) is 5.22. The van der Waals surface area contributed by atoms with Gasteiger partial charge in [-0.05, 0) is 0 Å². The summed E-state index contributed by atoms with van der Waals surface area (Å²) >= 11 is 0. The van der Waals surface area contributed by atoms with Crippen molar-refractivity contribution in [1.29, 1.82) is 0 Å². The van der Waals surface area contributed by atoms with Crippen LogP contribution in [0.5, 0.6) is 5.88 Å². The lowest BCUT2D eigenvalue weighted by molar-refractivity contribution is 0.456. The molecule has 2 heterocycles. The zero-order chi connectivity index (χ0) is 6.81. The second kappa shape index (κ2) is 1.98. The molecule has 0 atom stereocenters. The Morgan fingerprint density at radius 1 is 1.50 bits per heavy atom. The van der Waals surface area contributed by atoms with Crippen LogP contribution in [0.3, 0.4) is 0 Å². The number of rotatable bonds is 0. The van der Waals surface area contributed by atoms with Gasteiger partial charge in [0.05, 0.1) is 6.20 Å².